The Morgan fingerprint density at radius 1 is 0.957 bits per heavy atom. The van der Waals surface area contributed by atoms with E-state index in [1.807, 2.05) is 52.2 Å². The number of likely N-dealkylation sites (N-methyl/N-ethyl adjacent to an activating group) is 2. The number of carboxylic acids is 1. The molecule has 0 saturated heterocycles. The molecule has 0 atom stereocenters. The lowest BCUT2D eigenvalue weighted by Gasteiger charge is -2.29. The maximum Gasteiger partial charge on any atom is 0.169 e. The van der Waals surface area contributed by atoms with Gasteiger partial charge in [0, 0.05) is 0 Å². The first-order valence-electron chi connectivity index (χ1n) is 7.24. The molecule has 136 valence electrons. The van der Waals surface area contributed by atoms with Crippen LogP contribution in [0.25, 0.3) is 0 Å². The van der Waals surface area contributed by atoms with Crippen molar-refractivity contribution in [2.45, 2.75) is 13.8 Å². The molecule has 0 aliphatic rings. The van der Waals surface area contributed by atoms with Gasteiger partial charge in [0.25, 0.3) is 0 Å². The van der Waals surface area contributed by atoms with Crippen LogP contribution in [0.5, 0.6) is 0 Å². The topological polar surface area (TPSA) is 97.3 Å². The fourth-order valence-corrected chi connectivity index (χ4v) is 2.64. The monoisotopic (exact) mass is 350 g/mol. The smallest absolute Gasteiger partial charge is 0.169 e. The highest BCUT2D eigenvalue weighted by Crippen LogP contribution is 2.00. The van der Waals surface area contributed by atoms with E-state index in [4.69, 9.17) is 0 Å². The number of hydrogen-bond acceptors (Lipinski definition) is 5. The molecule has 7 nitrogen and oxygen atoms in total. The Hall–Kier alpha value is -1.22. The molecule has 0 radical (unpaired) electrons. The maximum atomic E-state index is 10.4. The van der Waals surface area contributed by atoms with Crippen molar-refractivity contribution in [3.63, 3.8) is 0 Å². The Bertz CT molecular complexity index is 508. The highest BCUT2D eigenvalue weighted by atomic mass is 32.2. The summed E-state index contributed by atoms with van der Waals surface area (Å²) in [5, 5.41) is 10.2. The van der Waals surface area contributed by atoms with Crippen molar-refractivity contribution in [2.24, 2.45) is 0 Å². The van der Waals surface area contributed by atoms with Gasteiger partial charge in [0.15, 0.2) is 5.88 Å². The molecule has 0 bridgehead atoms. The van der Waals surface area contributed by atoms with Crippen LogP contribution in [-0.2, 0) is 14.9 Å². The average molecular weight is 350 g/mol. The van der Waals surface area contributed by atoms with Crippen LogP contribution in [-0.4, -0.2) is 81.6 Å². The van der Waals surface area contributed by atoms with Gasteiger partial charge in [0.2, 0.25) is 0 Å². The van der Waals surface area contributed by atoms with Crippen molar-refractivity contribution in [3.8, 4) is 0 Å². The molecule has 0 aromatic rings. The number of allylic oxidation sites excluding steroid dienone is 2. The summed E-state index contributed by atoms with van der Waals surface area (Å²) in [6, 6.07) is 0. The molecule has 0 unspecified atom stereocenters. The Morgan fingerprint density at radius 3 is 1.65 bits per heavy atom. The van der Waals surface area contributed by atoms with Crippen molar-refractivity contribution in [2.75, 3.05) is 53.7 Å². The second-order valence-electron chi connectivity index (χ2n) is 6.59. The molecule has 0 aliphatic heterocycles. The molecule has 0 heterocycles. The summed E-state index contributed by atoms with van der Waals surface area (Å²) in [5.74, 6) is -1.36. The van der Waals surface area contributed by atoms with E-state index < -0.39 is 16.1 Å². The van der Waals surface area contributed by atoms with Crippen LogP contribution in [0.15, 0.2) is 24.3 Å². The molecule has 0 aromatic carbocycles. The molecular formula is C15H30N2O5S. The van der Waals surface area contributed by atoms with Gasteiger partial charge in [-0.25, -0.2) is 8.42 Å². The zero-order valence-corrected chi connectivity index (χ0v) is 15.8. The van der Waals surface area contributed by atoms with Crippen molar-refractivity contribution >= 4 is 16.1 Å². The second-order valence-corrected chi connectivity index (χ2v) is 7.97. The summed E-state index contributed by atoms with van der Waals surface area (Å²) >= 11 is 0. The first kappa shape index (κ1) is 24.0. The number of aliphatic carboxylic acids is 1. The summed E-state index contributed by atoms with van der Waals surface area (Å²) in [4.78, 5) is 10.2. The van der Waals surface area contributed by atoms with E-state index >= 15 is 0 Å². The van der Waals surface area contributed by atoms with Crippen LogP contribution in [0.1, 0.15) is 13.8 Å². The molecule has 0 aromatic heterocycles. The molecule has 0 amide bonds. The van der Waals surface area contributed by atoms with E-state index in [9.17, 15) is 22.9 Å². The largest absolute Gasteiger partial charge is 0.744 e. The predicted molar refractivity (Wildman–Crippen MR) is 88.0 cm³/mol. The van der Waals surface area contributed by atoms with Crippen LogP contribution in [0, 0.1) is 0 Å². The molecule has 0 N–H and O–H groups in total. The Labute approximate surface area is 140 Å². The number of quaternary nitrogens is 2. The van der Waals surface area contributed by atoms with Crippen LogP contribution < -0.4 is 5.11 Å². The van der Waals surface area contributed by atoms with E-state index in [1.165, 1.54) is 0 Å². The maximum absolute atomic E-state index is 10.4. The lowest BCUT2D eigenvalue weighted by Crippen LogP contribution is -2.48. The van der Waals surface area contributed by atoms with E-state index in [1.54, 1.807) is 14.1 Å². The van der Waals surface area contributed by atoms with Crippen LogP contribution >= 0.6 is 0 Å². The Kier molecular flexibility index (Phi) is 11.0. The molecule has 0 aliphatic carbocycles. The predicted octanol–water partition coefficient (Wildman–Crippen LogP) is -0.470. The molecular weight excluding hydrogens is 320 g/mol. The first-order valence-corrected chi connectivity index (χ1v) is 8.82. The summed E-state index contributed by atoms with van der Waals surface area (Å²) < 4.78 is 31.9. The third-order valence-electron chi connectivity index (χ3n) is 2.74. The molecule has 0 fully saturated rings. The van der Waals surface area contributed by atoms with Gasteiger partial charge in [0.05, 0.1) is 47.2 Å². The number of carboxylic acid groups (broad SMARTS) is 1. The number of carbonyl (C=O) groups is 1. The minimum atomic E-state index is -4.12. The summed E-state index contributed by atoms with van der Waals surface area (Å²) in [6.07, 6.45) is 7.53. The van der Waals surface area contributed by atoms with Crippen LogP contribution in [0.3, 0.4) is 0 Å². The lowest BCUT2D eigenvalue weighted by atomic mass is 10.4. The number of carbonyl (C=O) groups excluding carboxylic acids is 1. The van der Waals surface area contributed by atoms with Gasteiger partial charge >= 0.3 is 0 Å². The van der Waals surface area contributed by atoms with Crippen LogP contribution in [0.2, 0.25) is 0 Å². The standard InChI is InChI=1S/C8H15NO2.C7H15NO3S/c1-4-5-6-9(2,3)7-8(10)11;1-4-5-6-8(2,3)7-12(9,10)11/h4-5H,6-7H2,1-3H3;4-5H,6-7H2,1-3H3/b2*5-4-. The third-order valence-corrected chi connectivity index (χ3v) is 3.75. The van der Waals surface area contributed by atoms with E-state index in [2.05, 4.69) is 0 Å². The average Bonchev–Trinajstić information content (AvgIpc) is 2.30. The van der Waals surface area contributed by atoms with Gasteiger partial charge in [-0.2, -0.15) is 0 Å². The minimum Gasteiger partial charge on any atom is -0.744 e. The normalized spacial score (nSPS) is 13.2. The van der Waals surface area contributed by atoms with Gasteiger partial charge in [-0.05, 0) is 26.0 Å². The van der Waals surface area contributed by atoms with Gasteiger partial charge in [0.1, 0.15) is 16.7 Å². The summed E-state index contributed by atoms with van der Waals surface area (Å²) in [6.45, 7) is 5.11. The SMILES string of the molecule is C/C=C\C[N+](C)(C)CC(=O)[O-].C/C=C\C[N+](C)(C)CS(=O)(=O)[O-]. The molecule has 0 spiro atoms. The number of nitrogens with zero attached hydrogens (tertiary/aromatic N) is 2. The summed E-state index contributed by atoms with van der Waals surface area (Å²) in [5.41, 5.74) is 0. The van der Waals surface area contributed by atoms with Crippen LogP contribution in [0.4, 0.5) is 0 Å². The number of hydrogen-bond donors (Lipinski definition) is 0. The van der Waals surface area contributed by atoms with Crippen molar-refractivity contribution in [1.29, 1.82) is 0 Å². The zero-order chi connectivity index (χ0) is 18.7. The Morgan fingerprint density at radius 2 is 1.35 bits per heavy atom. The van der Waals surface area contributed by atoms with Crippen molar-refractivity contribution in [3.05, 3.63) is 24.3 Å². The molecule has 8 heteroatoms. The van der Waals surface area contributed by atoms with E-state index in [0.29, 0.717) is 11.0 Å². The number of rotatable bonds is 8. The fourth-order valence-electron chi connectivity index (χ4n) is 1.68. The quantitative estimate of drug-likeness (QED) is 0.335. The molecule has 0 rings (SSSR count). The van der Waals surface area contributed by atoms with E-state index in [-0.39, 0.29) is 16.9 Å². The molecule has 23 heavy (non-hydrogen) atoms. The lowest BCUT2D eigenvalue weighted by molar-refractivity contribution is -0.878. The second kappa shape index (κ2) is 10.5. The van der Waals surface area contributed by atoms with Crippen molar-refractivity contribution < 1.29 is 31.8 Å². The van der Waals surface area contributed by atoms with Gasteiger partial charge in [-0.1, -0.05) is 12.2 Å². The molecule has 0 saturated carbocycles. The van der Waals surface area contributed by atoms with Gasteiger partial charge in [-0.15, -0.1) is 0 Å². The highest BCUT2D eigenvalue weighted by Gasteiger charge is 2.16. The minimum absolute atomic E-state index is 0.0599. The third kappa shape index (κ3) is 18.7. The first-order chi connectivity index (χ1) is 10.2. The fraction of sp³-hybridized carbons (Fsp3) is 0.667. The highest BCUT2D eigenvalue weighted by molar-refractivity contribution is 7.85. The Balaban J connectivity index is 0. The zero-order valence-electron chi connectivity index (χ0n) is 15.0. The summed E-state index contributed by atoms with van der Waals surface area (Å²) in [7, 11) is 3.00. The van der Waals surface area contributed by atoms with Gasteiger partial charge in [-0.3, -0.25) is 0 Å². The van der Waals surface area contributed by atoms with Gasteiger partial charge < -0.3 is 23.4 Å². The van der Waals surface area contributed by atoms with Crippen molar-refractivity contribution in [1.82, 2.24) is 0 Å². The van der Waals surface area contributed by atoms with E-state index in [0.717, 1.165) is 6.54 Å².